The molecule has 1 amide bonds. The number of aromatic nitrogens is 3. The topological polar surface area (TPSA) is 112 Å². The summed E-state index contributed by atoms with van der Waals surface area (Å²) in [6.07, 6.45) is 5.18. The van der Waals surface area contributed by atoms with Gasteiger partial charge in [-0.05, 0) is 55.0 Å². The number of methoxy groups -OCH3 is 1. The third-order valence-electron chi connectivity index (χ3n) is 5.94. The zero-order valence-corrected chi connectivity index (χ0v) is 20.7. The number of fused-ring (bicyclic) bond motifs is 2. The van der Waals surface area contributed by atoms with Crippen LogP contribution in [0.4, 0.5) is 5.82 Å². The van der Waals surface area contributed by atoms with Crippen LogP contribution in [0.25, 0.3) is 26.0 Å². The number of carbonyl (C=O) groups is 1. The number of nitrogens with two attached hydrogens (primary N) is 2. The SMILES string of the molecule is COc1cc(C)cc2cc(-c3c(CN4CCC[C@H]4C(N)=O)cn4ncnc(N)c34)sc12.Cl.Cl. The highest BCUT2D eigenvalue weighted by Crippen LogP contribution is 2.43. The largest absolute Gasteiger partial charge is 0.495 e. The molecule has 0 spiro atoms. The normalized spacial score (nSPS) is 16.0. The molecule has 3 aromatic heterocycles. The molecule has 33 heavy (non-hydrogen) atoms. The number of hydrogen-bond acceptors (Lipinski definition) is 7. The predicted octanol–water partition coefficient (Wildman–Crippen LogP) is 3.80. The number of primary amides is 1. The van der Waals surface area contributed by atoms with Gasteiger partial charge in [-0.2, -0.15) is 5.10 Å². The summed E-state index contributed by atoms with van der Waals surface area (Å²) in [5.41, 5.74) is 15.9. The lowest BCUT2D eigenvalue weighted by Gasteiger charge is -2.21. The van der Waals surface area contributed by atoms with Crippen molar-refractivity contribution >= 4 is 63.5 Å². The Kier molecular flexibility index (Phi) is 7.38. The molecule has 0 aliphatic carbocycles. The predicted molar refractivity (Wildman–Crippen MR) is 137 cm³/mol. The highest BCUT2D eigenvalue weighted by Gasteiger charge is 2.30. The van der Waals surface area contributed by atoms with Gasteiger partial charge in [-0.3, -0.25) is 9.69 Å². The maximum Gasteiger partial charge on any atom is 0.234 e. The fourth-order valence-electron chi connectivity index (χ4n) is 4.57. The number of amides is 1. The van der Waals surface area contributed by atoms with Crippen LogP contribution in [-0.2, 0) is 11.3 Å². The monoisotopic (exact) mass is 508 g/mol. The summed E-state index contributed by atoms with van der Waals surface area (Å²) in [6.45, 7) is 3.48. The molecule has 4 N–H and O–H groups in total. The van der Waals surface area contributed by atoms with Crippen LogP contribution in [0.3, 0.4) is 0 Å². The molecule has 0 bridgehead atoms. The molecule has 8 nitrogen and oxygen atoms in total. The lowest BCUT2D eigenvalue weighted by Crippen LogP contribution is -2.39. The van der Waals surface area contributed by atoms with Crippen molar-refractivity contribution in [2.24, 2.45) is 5.73 Å². The van der Waals surface area contributed by atoms with Gasteiger partial charge in [0.25, 0.3) is 0 Å². The Morgan fingerprint density at radius 2 is 2.09 bits per heavy atom. The summed E-state index contributed by atoms with van der Waals surface area (Å²) >= 11 is 1.66. The van der Waals surface area contributed by atoms with Gasteiger partial charge in [0.05, 0.1) is 17.9 Å². The molecular formula is C22H26Cl2N6O2S. The molecule has 4 aromatic rings. The quantitative estimate of drug-likeness (QED) is 0.423. The van der Waals surface area contributed by atoms with Crippen LogP contribution >= 0.6 is 36.2 Å². The number of hydrogen-bond donors (Lipinski definition) is 2. The van der Waals surface area contributed by atoms with E-state index < -0.39 is 0 Å². The van der Waals surface area contributed by atoms with E-state index in [1.54, 1.807) is 23.0 Å². The van der Waals surface area contributed by atoms with Crippen LogP contribution in [0.1, 0.15) is 24.0 Å². The first-order chi connectivity index (χ1) is 15.0. The molecule has 0 radical (unpaired) electrons. The molecule has 11 heteroatoms. The van der Waals surface area contributed by atoms with Gasteiger partial charge >= 0.3 is 0 Å². The number of ether oxygens (including phenoxy) is 1. The Bertz CT molecular complexity index is 1320. The van der Waals surface area contributed by atoms with Crippen LogP contribution < -0.4 is 16.2 Å². The number of nitrogen functional groups attached to an aromatic ring is 1. The van der Waals surface area contributed by atoms with Crippen molar-refractivity contribution in [3.8, 4) is 16.2 Å². The summed E-state index contributed by atoms with van der Waals surface area (Å²) in [7, 11) is 1.69. The molecular weight excluding hydrogens is 483 g/mol. The number of likely N-dealkylation sites (tertiary alicyclic amines) is 1. The van der Waals surface area contributed by atoms with Crippen molar-refractivity contribution in [2.45, 2.75) is 32.4 Å². The number of anilines is 1. The van der Waals surface area contributed by atoms with Crippen molar-refractivity contribution in [1.82, 2.24) is 19.5 Å². The summed E-state index contributed by atoms with van der Waals surface area (Å²) in [4.78, 5) is 19.3. The van der Waals surface area contributed by atoms with E-state index in [0.717, 1.165) is 62.3 Å². The summed E-state index contributed by atoms with van der Waals surface area (Å²) in [5, 5.41) is 5.49. The molecule has 1 aliphatic rings. The molecule has 1 fully saturated rings. The summed E-state index contributed by atoms with van der Waals surface area (Å²) in [6, 6.07) is 6.11. The number of nitrogens with zero attached hydrogens (tertiary/aromatic N) is 4. The van der Waals surface area contributed by atoms with Crippen LogP contribution in [0.15, 0.2) is 30.7 Å². The Morgan fingerprint density at radius 1 is 1.30 bits per heavy atom. The van der Waals surface area contributed by atoms with Crippen LogP contribution in [-0.4, -0.2) is 45.1 Å². The standard InChI is InChI=1S/C22H24N6O2S.2ClH/c1-12-6-13-8-17(31-20(13)16(7-12)30-2)18-14(9-27-5-3-4-15(27)22(24)29)10-28-19(18)21(23)25-11-26-28;;/h6-8,10-11,15H,3-5,9H2,1-2H3,(H2,24,29)(H2,23,25,26);2*1H/t15-;;/m0../s1. The molecule has 176 valence electrons. The average Bonchev–Trinajstić information content (AvgIpc) is 3.44. The Hall–Kier alpha value is -2.59. The lowest BCUT2D eigenvalue weighted by atomic mass is 10.1. The first-order valence-electron chi connectivity index (χ1n) is 10.2. The smallest absolute Gasteiger partial charge is 0.234 e. The first-order valence-corrected chi connectivity index (χ1v) is 11.0. The van der Waals surface area contributed by atoms with Gasteiger partial charge in [0.2, 0.25) is 5.91 Å². The van der Waals surface area contributed by atoms with Crippen LogP contribution in [0.5, 0.6) is 5.75 Å². The molecule has 0 unspecified atom stereocenters. The summed E-state index contributed by atoms with van der Waals surface area (Å²) in [5.74, 6) is 1.00. The molecule has 1 aliphatic heterocycles. The molecule has 1 saturated heterocycles. The number of halogens is 2. The van der Waals surface area contributed by atoms with Gasteiger partial charge in [-0.25, -0.2) is 9.50 Å². The minimum atomic E-state index is -0.274. The van der Waals surface area contributed by atoms with E-state index in [9.17, 15) is 4.79 Å². The molecule has 1 aromatic carbocycles. The highest BCUT2D eigenvalue weighted by molar-refractivity contribution is 7.22. The van der Waals surface area contributed by atoms with Crippen LogP contribution in [0.2, 0.25) is 0 Å². The molecule has 5 rings (SSSR count). The fraction of sp³-hybridized carbons (Fsp3) is 0.318. The van der Waals surface area contributed by atoms with Crippen molar-refractivity contribution in [1.29, 1.82) is 0 Å². The van der Waals surface area contributed by atoms with Gasteiger partial charge in [-0.15, -0.1) is 36.2 Å². The van der Waals surface area contributed by atoms with Crippen molar-refractivity contribution in [3.05, 3.63) is 41.9 Å². The maximum atomic E-state index is 11.9. The van der Waals surface area contributed by atoms with E-state index in [-0.39, 0.29) is 36.8 Å². The zero-order valence-electron chi connectivity index (χ0n) is 18.3. The number of benzene rings is 1. The van der Waals surface area contributed by atoms with E-state index in [0.29, 0.717) is 12.4 Å². The van der Waals surface area contributed by atoms with Gasteiger partial charge in [-0.1, -0.05) is 6.07 Å². The van der Waals surface area contributed by atoms with E-state index in [1.165, 1.54) is 6.33 Å². The van der Waals surface area contributed by atoms with E-state index >= 15 is 0 Å². The third kappa shape index (κ3) is 4.33. The second kappa shape index (κ2) is 9.72. The Morgan fingerprint density at radius 3 is 2.82 bits per heavy atom. The van der Waals surface area contributed by atoms with Crippen LogP contribution in [0, 0.1) is 6.92 Å². The zero-order chi connectivity index (χ0) is 21.7. The third-order valence-corrected chi connectivity index (χ3v) is 7.12. The first kappa shape index (κ1) is 25.0. The van der Waals surface area contributed by atoms with E-state index in [2.05, 4.69) is 34.0 Å². The Balaban J connectivity index is 0.00000153. The summed E-state index contributed by atoms with van der Waals surface area (Å²) < 4.78 is 8.48. The molecule has 1 atom stereocenters. The van der Waals surface area contributed by atoms with Crippen molar-refractivity contribution < 1.29 is 9.53 Å². The van der Waals surface area contributed by atoms with E-state index in [1.807, 2.05) is 12.3 Å². The van der Waals surface area contributed by atoms with E-state index in [4.69, 9.17) is 16.2 Å². The fourth-order valence-corrected chi connectivity index (χ4v) is 5.79. The van der Waals surface area contributed by atoms with Crippen molar-refractivity contribution in [3.63, 3.8) is 0 Å². The van der Waals surface area contributed by atoms with Gasteiger partial charge in [0.15, 0.2) is 5.82 Å². The highest BCUT2D eigenvalue weighted by atomic mass is 35.5. The minimum Gasteiger partial charge on any atom is -0.495 e. The van der Waals surface area contributed by atoms with Gasteiger partial charge in [0, 0.05) is 23.2 Å². The number of thiophene rings is 1. The average molecular weight is 509 g/mol. The lowest BCUT2D eigenvalue weighted by molar-refractivity contribution is -0.122. The van der Waals surface area contributed by atoms with Gasteiger partial charge in [0.1, 0.15) is 17.6 Å². The number of rotatable bonds is 5. The second-order valence-corrected chi connectivity index (χ2v) is 9.05. The maximum absolute atomic E-state index is 11.9. The number of carbonyl (C=O) groups excluding carboxylic acids is 1. The van der Waals surface area contributed by atoms with Crippen molar-refractivity contribution in [2.75, 3.05) is 19.4 Å². The molecule has 4 heterocycles. The number of aryl methyl sites for hydroxylation is 1. The van der Waals surface area contributed by atoms with Gasteiger partial charge < -0.3 is 16.2 Å². The second-order valence-electron chi connectivity index (χ2n) is 7.99. The molecule has 0 saturated carbocycles. The minimum absolute atomic E-state index is 0. The Labute approximate surface area is 207 Å².